The van der Waals surface area contributed by atoms with E-state index in [9.17, 15) is 9.18 Å². The Hall–Kier alpha value is -3.10. The Kier molecular flexibility index (Phi) is 4.19. The normalized spacial score (nSPS) is 14.8. The number of aromatic nitrogens is 5. The molecule has 3 aromatic rings. The highest BCUT2D eigenvalue weighted by Gasteiger charge is 2.24. The van der Waals surface area contributed by atoms with Crippen molar-refractivity contribution in [1.29, 1.82) is 0 Å². The highest BCUT2D eigenvalue weighted by molar-refractivity contribution is 5.83. The Morgan fingerprint density at radius 3 is 2.58 bits per heavy atom. The van der Waals surface area contributed by atoms with Crippen LogP contribution < -0.4 is 4.90 Å². The van der Waals surface area contributed by atoms with Gasteiger partial charge in [0, 0.05) is 33.2 Å². The van der Waals surface area contributed by atoms with Gasteiger partial charge in [0.2, 0.25) is 5.91 Å². The second-order valence-corrected chi connectivity index (χ2v) is 6.25. The van der Waals surface area contributed by atoms with E-state index in [1.807, 2.05) is 4.90 Å². The number of benzene rings is 1. The van der Waals surface area contributed by atoms with E-state index in [1.165, 1.54) is 18.5 Å². The molecule has 0 spiro atoms. The van der Waals surface area contributed by atoms with Gasteiger partial charge in [-0.15, -0.1) is 5.10 Å². The summed E-state index contributed by atoms with van der Waals surface area (Å²) in [5.74, 6) is 0.493. The molecule has 1 saturated heterocycles. The molecule has 3 heterocycles. The quantitative estimate of drug-likeness (QED) is 0.691. The molecule has 0 N–H and O–H groups in total. The Balaban J connectivity index is 1.42. The number of nitrogens with zero attached hydrogens (tertiary/aromatic N) is 7. The average molecular weight is 355 g/mol. The molecule has 2 aromatic heterocycles. The number of carbonyl (C=O) groups excluding carboxylic acids is 1. The summed E-state index contributed by atoms with van der Waals surface area (Å²) in [6, 6.07) is 6.05. The third kappa shape index (κ3) is 3.07. The maximum atomic E-state index is 13.0. The summed E-state index contributed by atoms with van der Waals surface area (Å²) >= 11 is 0. The van der Waals surface area contributed by atoms with E-state index in [4.69, 9.17) is 0 Å². The van der Waals surface area contributed by atoms with Crippen molar-refractivity contribution >= 4 is 22.9 Å². The van der Waals surface area contributed by atoms with Crippen LogP contribution in [0.4, 0.5) is 10.2 Å². The molecule has 0 aliphatic carbocycles. The van der Waals surface area contributed by atoms with Crippen LogP contribution in [0.1, 0.15) is 5.56 Å². The maximum absolute atomic E-state index is 13.0. The number of hydrogen-bond donors (Lipinski definition) is 0. The molecular weight excluding hydrogens is 337 g/mol. The number of fused-ring (bicyclic) bond motifs is 1. The summed E-state index contributed by atoms with van der Waals surface area (Å²) in [6.45, 7) is 2.53. The molecule has 1 fully saturated rings. The van der Waals surface area contributed by atoms with Gasteiger partial charge in [-0.3, -0.25) is 4.79 Å². The van der Waals surface area contributed by atoms with E-state index in [0.29, 0.717) is 37.3 Å². The maximum Gasteiger partial charge on any atom is 0.227 e. The van der Waals surface area contributed by atoms with Gasteiger partial charge in [-0.1, -0.05) is 17.3 Å². The van der Waals surface area contributed by atoms with Gasteiger partial charge in [0.15, 0.2) is 17.0 Å². The topological polar surface area (TPSA) is 80.0 Å². The lowest BCUT2D eigenvalue weighted by atomic mass is 10.1. The van der Waals surface area contributed by atoms with Crippen molar-refractivity contribution in [2.24, 2.45) is 7.05 Å². The zero-order valence-electron chi connectivity index (χ0n) is 14.3. The van der Waals surface area contributed by atoms with Crippen LogP contribution in [0.2, 0.25) is 0 Å². The largest absolute Gasteiger partial charge is 0.351 e. The average Bonchev–Trinajstić information content (AvgIpc) is 3.05. The molecule has 0 atom stereocenters. The van der Waals surface area contributed by atoms with Crippen LogP contribution in [0.25, 0.3) is 11.2 Å². The third-order valence-corrected chi connectivity index (χ3v) is 4.57. The fraction of sp³-hybridized carbons (Fsp3) is 0.353. The first-order valence-corrected chi connectivity index (χ1v) is 8.39. The van der Waals surface area contributed by atoms with Gasteiger partial charge in [0.1, 0.15) is 12.1 Å². The summed E-state index contributed by atoms with van der Waals surface area (Å²) in [5.41, 5.74) is 2.17. The molecule has 0 radical (unpaired) electrons. The lowest BCUT2D eigenvalue weighted by Gasteiger charge is -2.35. The van der Waals surface area contributed by atoms with Gasteiger partial charge in [-0.2, -0.15) is 0 Å². The molecule has 1 aliphatic rings. The highest BCUT2D eigenvalue weighted by atomic mass is 19.1. The monoisotopic (exact) mass is 355 g/mol. The van der Waals surface area contributed by atoms with Crippen LogP contribution in [0.5, 0.6) is 0 Å². The minimum Gasteiger partial charge on any atom is -0.351 e. The lowest BCUT2D eigenvalue weighted by Crippen LogP contribution is -2.49. The first-order chi connectivity index (χ1) is 12.6. The Bertz CT molecular complexity index is 932. The number of piperazine rings is 1. The Labute approximate surface area is 149 Å². The van der Waals surface area contributed by atoms with Crippen LogP contribution in [0, 0.1) is 5.82 Å². The second-order valence-electron chi connectivity index (χ2n) is 6.25. The minimum absolute atomic E-state index is 0.0450. The van der Waals surface area contributed by atoms with E-state index in [2.05, 4.69) is 25.2 Å². The SMILES string of the molecule is Cn1nnc2c(N3CCN(C(=O)Cc4ccc(F)cc4)CC3)ncnc21. The van der Waals surface area contributed by atoms with Crippen molar-refractivity contribution < 1.29 is 9.18 Å². The molecule has 0 unspecified atom stereocenters. The number of amides is 1. The zero-order valence-corrected chi connectivity index (χ0v) is 14.3. The van der Waals surface area contributed by atoms with Crippen molar-refractivity contribution in [3.8, 4) is 0 Å². The van der Waals surface area contributed by atoms with Gasteiger partial charge in [0.05, 0.1) is 6.42 Å². The summed E-state index contributed by atoms with van der Waals surface area (Å²) < 4.78 is 14.6. The third-order valence-electron chi connectivity index (χ3n) is 4.57. The number of halogens is 1. The highest BCUT2D eigenvalue weighted by Crippen LogP contribution is 2.21. The van der Waals surface area contributed by atoms with Gasteiger partial charge in [-0.05, 0) is 17.7 Å². The predicted molar refractivity (Wildman–Crippen MR) is 93.0 cm³/mol. The van der Waals surface area contributed by atoms with Crippen molar-refractivity contribution in [2.45, 2.75) is 6.42 Å². The van der Waals surface area contributed by atoms with E-state index < -0.39 is 0 Å². The van der Waals surface area contributed by atoms with Crippen molar-refractivity contribution in [3.63, 3.8) is 0 Å². The van der Waals surface area contributed by atoms with Crippen LogP contribution in [0.3, 0.4) is 0 Å². The molecule has 1 aliphatic heterocycles. The summed E-state index contributed by atoms with van der Waals surface area (Å²) in [7, 11) is 1.79. The van der Waals surface area contributed by atoms with Crippen molar-refractivity contribution in [3.05, 3.63) is 42.0 Å². The number of hydrogen-bond acceptors (Lipinski definition) is 6. The molecule has 9 heteroatoms. The molecular formula is C17H18FN7O. The minimum atomic E-state index is -0.296. The Morgan fingerprint density at radius 2 is 1.85 bits per heavy atom. The van der Waals surface area contributed by atoms with Crippen molar-refractivity contribution in [2.75, 3.05) is 31.1 Å². The number of rotatable bonds is 3. The molecule has 4 rings (SSSR count). The lowest BCUT2D eigenvalue weighted by molar-refractivity contribution is -0.130. The van der Waals surface area contributed by atoms with Gasteiger partial charge < -0.3 is 9.80 Å². The van der Waals surface area contributed by atoms with Gasteiger partial charge in [0.25, 0.3) is 0 Å². The van der Waals surface area contributed by atoms with Crippen LogP contribution in [-0.4, -0.2) is 61.9 Å². The number of carbonyl (C=O) groups is 1. The first kappa shape index (κ1) is 16.4. The van der Waals surface area contributed by atoms with Crippen LogP contribution >= 0.6 is 0 Å². The van der Waals surface area contributed by atoms with E-state index in [-0.39, 0.29) is 18.1 Å². The van der Waals surface area contributed by atoms with Crippen LogP contribution in [-0.2, 0) is 18.3 Å². The molecule has 0 bridgehead atoms. The van der Waals surface area contributed by atoms with Crippen LogP contribution in [0.15, 0.2) is 30.6 Å². The first-order valence-electron chi connectivity index (χ1n) is 8.39. The molecule has 8 nitrogen and oxygen atoms in total. The molecule has 1 amide bonds. The van der Waals surface area contributed by atoms with E-state index in [1.54, 1.807) is 23.9 Å². The summed E-state index contributed by atoms with van der Waals surface area (Å²) in [5, 5.41) is 8.14. The predicted octanol–water partition coefficient (Wildman–Crippen LogP) is 0.789. The smallest absolute Gasteiger partial charge is 0.227 e. The summed E-state index contributed by atoms with van der Waals surface area (Å²) in [6.07, 6.45) is 1.79. The molecule has 0 saturated carbocycles. The Morgan fingerprint density at radius 1 is 1.12 bits per heavy atom. The number of aryl methyl sites for hydroxylation is 1. The van der Waals surface area contributed by atoms with Gasteiger partial charge in [-0.25, -0.2) is 19.0 Å². The van der Waals surface area contributed by atoms with Crippen molar-refractivity contribution in [1.82, 2.24) is 29.9 Å². The molecule has 26 heavy (non-hydrogen) atoms. The summed E-state index contributed by atoms with van der Waals surface area (Å²) in [4.78, 5) is 25.0. The van der Waals surface area contributed by atoms with Gasteiger partial charge >= 0.3 is 0 Å². The number of anilines is 1. The zero-order chi connectivity index (χ0) is 18.1. The fourth-order valence-electron chi connectivity index (χ4n) is 3.13. The molecule has 1 aromatic carbocycles. The standard InChI is InChI=1S/C17H18FN7O/c1-23-16-15(21-22-23)17(20-11-19-16)25-8-6-24(7-9-25)14(26)10-12-2-4-13(18)5-3-12/h2-5,11H,6-10H2,1H3. The second kappa shape index (κ2) is 6.66. The fourth-order valence-corrected chi connectivity index (χ4v) is 3.13. The molecule has 134 valence electrons. The van der Waals surface area contributed by atoms with E-state index >= 15 is 0 Å². The van der Waals surface area contributed by atoms with E-state index in [0.717, 1.165) is 11.4 Å².